The molecule has 3 heteroatoms. The van der Waals surface area contributed by atoms with Crippen molar-refractivity contribution in [2.45, 2.75) is 69.8 Å². The van der Waals surface area contributed by atoms with Gasteiger partial charge in [0.1, 0.15) is 0 Å². The Morgan fingerprint density at radius 1 is 1.33 bits per heavy atom. The zero-order valence-corrected chi connectivity index (χ0v) is 13.3. The van der Waals surface area contributed by atoms with Crippen molar-refractivity contribution in [2.75, 3.05) is 19.3 Å². The van der Waals surface area contributed by atoms with Gasteiger partial charge in [0.15, 0.2) is 0 Å². The molecule has 4 atom stereocenters. The highest BCUT2D eigenvalue weighted by molar-refractivity contribution is 7.99. The van der Waals surface area contributed by atoms with E-state index in [-0.39, 0.29) is 0 Å². The van der Waals surface area contributed by atoms with Gasteiger partial charge >= 0.3 is 0 Å². The molecule has 1 N–H and O–H groups in total. The summed E-state index contributed by atoms with van der Waals surface area (Å²) in [5.74, 6) is 0.803. The number of nitrogens with one attached hydrogen (secondary N) is 1. The van der Waals surface area contributed by atoms with Crippen LogP contribution in [0.5, 0.6) is 0 Å². The quantitative estimate of drug-likeness (QED) is 0.845. The van der Waals surface area contributed by atoms with Gasteiger partial charge < -0.3 is 5.32 Å². The normalized spacial score (nSPS) is 38.5. The summed E-state index contributed by atoms with van der Waals surface area (Å²) in [4.78, 5) is 2.82. The molecule has 0 aromatic carbocycles. The van der Waals surface area contributed by atoms with Crippen LogP contribution in [-0.4, -0.2) is 47.6 Å². The molecule has 2 aliphatic rings. The van der Waals surface area contributed by atoms with E-state index >= 15 is 0 Å². The highest BCUT2D eigenvalue weighted by Crippen LogP contribution is 2.34. The maximum Gasteiger partial charge on any atom is 0.0218 e. The molecule has 1 heterocycles. The molecule has 0 aromatic heterocycles. The Morgan fingerprint density at radius 3 is 2.78 bits per heavy atom. The standard InChI is InChI=1S/C15H30N2S/c1-11(2)8-13-10-17(12(3)9-16-13)14-6-5-7-15(14)18-4/h11-16H,5-10H2,1-4H3. The topological polar surface area (TPSA) is 15.3 Å². The van der Waals surface area contributed by atoms with E-state index in [1.165, 1.54) is 38.8 Å². The van der Waals surface area contributed by atoms with Gasteiger partial charge in [-0.25, -0.2) is 0 Å². The van der Waals surface area contributed by atoms with Crippen molar-refractivity contribution < 1.29 is 0 Å². The van der Waals surface area contributed by atoms with Crippen LogP contribution in [0.2, 0.25) is 0 Å². The number of rotatable bonds is 4. The molecular formula is C15H30N2S. The van der Waals surface area contributed by atoms with E-state index in [0.717, 1.165) is 17.2 Å². The number of hydrogen-bond donors (Lipinski definition) is 1. The van der Waals surface area contributed by atoms with Crippen molar-refractivity contribution in [3.8, 4) is 0 Å². The van der Waals surface area contributed by atoms with Crippen LogP contribution in [0.3, 0.4) is 0 Å². The van der Waals surface area contributed by atoms with Crippen LogP contribution in [0.25, 0.3) is 0 Å². The fourth-order valence-corrected chi connectivity index (χ4v) is 4.71. The summed E-state index contributed by atoms with van der Waals surface area (Å²) in [7, 11) is 0. The van der Waals surface area contributed by atoms with Crippen LogP contribution in [-0.2, 0) is 0 Å². The minimum absolute atomic E-state index is 0.712. The molecule has 4 unspecified atom stereocenters. The number of piperazine rings is 1. The summed E-state index contributed by atoms with van der Waals surface area (Å²) >= 11 is 2.09. The molecular weight excluding hydrogens is 240 g/mol. The molecule has 1 saturated carbocycles. The molecule has 0 spiro atoms. The Hall–Kier alpha value is 0.270. The van der Waals surface area contributed by atoms with Gasteiger partial charge in [-0.15, -0.1) is 0 Å². The summed E-state index contributed by atoms with van der Waals surface area (Å²) in [6.45, 7) is 9.51. The Kier molecular flexibility index (Phi) is 5.40. The minimum atomic E-state index is 0.712. The molecule has 2 nitrogen and oxygen atoms in total. The van der Waals surface area contributed by atoms with E-state index in [4.69, 9.17) is 0 Å². The molecule has 0 bridgehead atoms. The molecule has 1 aliphatic carbocycles. The number of thioether (sulfide) groups is 1. The van der Waals surface area contributed by atoms with Gasteiger partial charge in [0.05, 0.1) is 0 Å². The van der Waals surface area contributed by atoms with Gasteiger partial charge in [-0.2, -0.15) is 11.8 Å². The first-order valence-corrected chi connectivity index (χ1v) is 8.92. The molecule has 0 aromatic rings. The Morgan fingerprint density at radius 2 is 2.11 bits per heavy atom. The van der Waals surface area contributed by atoms with Crippen LogP contribution < -0.4 is 5.32 Å². The van der Waals surface area contributed by atoms with Gasteiger partial charge in [-0.3, -0.25) is 4.90 Å². The summed E-state index contributed by atoms with van der Waals surface area (Å²) < 4.78 is 0. The molecule has 2 rings (SSSR count). The maximum atomic E-state index is 3.74. The van der Waals surface area contributed by atoms with Gasteiger partial charge in [-0.1, -0.05) is 20.3 Å². The van der Waals surface area contributed by atoms with Crippen LogP contribution >= 0.6 is 11.8 Å². The van der Waals surface area contributed by atoms with E-state index in [2.05, 4.69) is 49.0 Å². The molecule has 1 saturated heterocycles. The van der Waals surface area contributed by atoms with Crippen molar-refractivity contribution in [3.63, 3.8) is 0 Å². The van der Waals surface area contributed by atoms with Crippen molar-refractivity contribution >= 4 is 11.8 Å². The van der Waals surface area contributed by atoms with Gasteiger partial charge in [0, 0.05) is 36.5 Å². The molecule has 18 heavy (non-hydrogen) atoms. The maximum absolute atomic E-state index is 3.74. The van der Waals surface area contributed by atoms with Crippen LogP contribution in [0, 0.1) is 5.92 Å². The first-order chi connectivity index (χ1) is 8.61. The lowest BCUT2D eigenvalue weighted by molar-refractivity contribution is 0.0893. The first-order valence-electron chi connectivity index (χ1n) is 7.63. The summed E-state index contributed by atoms with van der Waals surface area (Å²) in [5.41, 5.74) is 0. The van der Waals surface area contributed by atoms with E-state index in [1.54, 1.807) is 0 Å². The highest BCUT2D eigenvalue weighted by Gasteiger charge is 2.37. The summed E-state index contributed by atoms with van der Waals surface area (Å²) in [6.07, 6.45) is 7.89. The van der Waals surface area contributed by atoms with Gasteiger partial charge in [0.2, 0.25) is 0 Å². The van der Waals surface area contributed by atoms with Gasteiger partial charge in [-0.05, 0) is 38.4 Å². The molecule has 106 valence electrons. The monoisotopic (exact) mass is 270 g/mol. The van der Waals surface area contributed by atoms with Crippen molar-refractivity contribution in [2.24, 2.45) is 5.92 Å². The third-order valence-electron chi connectivity index (χ3n) is 4.60. The largest absolute Gasteiger partial charge is 0.311 e. The fourth-order valence-electron chi connectivity index (χ4n) is 3.70. The molecule has 2 fully saturated rings. The van der Waals surface area contributed by atoms with E-state index in [9.17, 15) is 0 Å². The van der Waals surface area contributed by atoms with Crippen molar-refractivity contribution in [1.29, 1.82) is 0 Å². The molecule has 0 radical (unpaired) electrons. The minimum Gasteiger partial charge on any atom is -0.311 e. The van der Waals surface area contributed by atoms with E-state index < -0.39 is 0 Å². The highest BCUT2D eigenvalue weighted by atomic mass is 32.2. The number of hydrogen-bond acceptors (Lipinski definition) is 3. The molecule has 1 aliphatic heterocycles. The second-order valence-corrected chi connectivity index (χ2v) is 7.63. The predicted octanol–water partition coefficient (Wildman–Crippen LogP) is 2.98. The van der Waals surface area contributed by atoms with Crippen LogP contribution in [0.4, 0.5) is 0 Å². The lowest BCUT2D eigenvalue weighted by Gasteiger charge is -2.44. The lowest BCUT2D eigenvalue weighted by atomic mass is 9.98. The van der Waals surface area contributed by atoms with Gasteiger partial charge in [0.25, 0.3) is 0 Å². The lowest BCUT2D eigenvalue weighted by Crippen LogP contribution is -2.59. The van der Waals surface area contributed by atoms with Crippen molar-refractivity contribution in [1.82, 2.24) is 10.2 Å². The van der Waals surface area contributed by atoms with Crippen molar-refractivity contribution in [3.05, 3.63) is 0 Å². The second kappa shape index (κ2) is 6.62. The zero-order chi connectivity index (χ0) is 13.1. The average molecular weight is 270 g/mol. The first kappa shape index (κ1) is 14.7. The Balaban J connectivity index is 1.96. The SMILES string of the molecule is CSC1CCCC1N1CC(CC(C)C)NCC1C. The Labute approximate surface area is 117 Å². The van der Waals surface area contributed by atoms with Crippen LogP contribution in [0.15, 0.2) is 0 Å². The van der Waals surface area contributed by atoms with Crippen LogP contribution in [0.1, 0.15) is 46.5 Å². The average Bonchev–Trinajstić information content (AvgIpc) is 2.79. The summed E-state index contributed by atoms with van der Waals surface area (Å²) in [6, 6.07) is 2.27. The predicted molar refractivity (Wildman–Crippen MR) is 82.4 cm³/mol. The smallest absolute Gasteiger partial charge is 0.0218 e. The Bertz CT molecular complexity index is 257. The third kappa shape index (κ3) is 3.43. The van der Waals surface area contributed by atoms with E-state index in [0.29, 0.717) is 12.1 Å². The number of nitrogens with zero attached hydrogens (tertiary/aromatic N) is 1. The summed E-state index contributed by atoms with van der Waals surface area (Å²) in [5, 5.41) is 4.62. The van der Waals surface area contributed by atoms with E-state index in [1.807, 2.05) is 0 Å². The second-order valence-electron chi connectivity index (χ2n) is 6.55. The molecule has 0 amide bonds. The fraction of sp³-hybridized carbons (Fsp3) is 1.00. The zero-order valence-electron chi connectivity index (χ0n) is 12.5. The third-order valence-corrected chi connectivity index (χ3v) is 5.76.